The van der Waals surface area contributed by atoms with Gasteiger partial charge >= 0.3 is 32.7 Å². The monoisotopic (exact) mass is 2280 g/mol. The number of benzene rings is 4. The van der Waals surface area contributed by atoms with Crippen LogP contribution < -0.4 is 121 Å². The summed E-state index contributed by atoms with van der Waals surface area (Å²) in [5.74, 6) is -4.68. The number of nitrogens with one attached hydrogen (secondary N) is 8. The Labute approximate surface area is 883 Å². The molecule has 7 aliphatic rings. The molecule has 0 bridgehead atoms. The third-order valence-electron chi connectivity index (χ3n) is 28.5. The number of unbranched alkanes of at least 4 members (excludes halogenated alkanes) is 4. The minimum atomic E-state index is -4.18. The number of carbonyl (C=O) groups is 12. The number of halogens is 2. The quantitative estimate of drug-likeness (QED) is 0.0112. The number of Topliss-reactive ketones (excluding diaryl/α,β-unsaturated/α-hetero) is 2. The number of carbonyl (C=O) groups excluding carboxylic acids is 12. The molecule has 2 saturated carbocycles. The highest BCUT2D eigenvalue weighted by atomic mass is 127. The lowest BCUT2D eigenvalue weighted by Crippen LogP contribution is -3.00. The van der Waals surface area contributed by atoms with Gasteiger partial charge in [0, 0.05) is 130 Å². The maximum absolute atomic E-state index is 14.0. The fourth-order valence-electron chi connectivity index (χ4n) is 20.7. The van der Waals surface area contributed by atoms with Crippen LogP contribution in [0.5, 0.6) is 0 Å². The Morgan fingerprint density at radius 1 is 0.521 bits per heavy atom. The molecule has 40 nitrogen and oxygen atoms in total. The van der Waals surface area contributed by atoms with Crippen LogP contribution in [-0.2, 0) is 103 Å². The first kappa shape index (κ1) is 113. The number of ketones is 2. The van der Waals surface area contributed by atoms with Gasteiger partial charge in [0.25, 0.3) is 11.8 Å². The summed E-state index contributed by atoms with van der Waals surface area (Å²) >= 11 is 0. The zero-order chi connectivity index (χ0) is 103. The molecule has 18 N–H and O–H groups in total. The number of nitrogens with two attached hydrogens (primary N) is 4. The van der Waals surface area contributed by atoms with Crippen LogP contribution in [0.2, 0.25) is 0 Å². The number of imide groups is 2. The molecule has 4 aromatic carbocycles. The molecular weight excluding hydrogens is 2140 g/mol. The highest BCUT2D eigenvalue weighted by Gasteiger charge is 2.48. The molecule has 13 atom stereocenters. The molecule has 6 heterocycles. The summed E-state index contributed by atoms with van der Waals surface area (Å²) in [4.78, 5) is 166. The Bertz CT molecular complexity index is 6010. The normalized spacial score (nSPS) is 20.1. The number of aliphatic hydroxyl groups excluding tert-OH is 2. The Kier molecular flexibility index (Phi) is 40.0. The van der Waals surface area contributed by atoms with Crippen LogP contribution in [-0.4, -0.2) is 191 Å². The molecule has 15 rings (SSSR count). The van der Waals surface area contributed by atoms with E-state index in [1.54, 1.807) is 43.8 Å². The zero-order valence-electron chi connectivity index (χ0n) is 82.7. The summed E-state index contributed by atoms with van der Waals surface area (Å²) < 4.78 is 64.4. The Morgan fingerprint density at radius 3 is 1.31 bits per heavy atom. The smallest absolute Gasteiger partial charge is 0.333 e. The number of hydrogen-bond donors (Lipinski definition) is 14. The predicted molar refractivity (Wildman–Crippen MR) is 533 cm³/mol. The number of anilines is 4. The van der Waals surface area contributed by atoms with E-state index in [0.29, 0.717) is 144 Å². The number of aliphatic hydroxyl groups is 2. The number of rotatable bonds is 50. The van der Waals surface area contributed by atoms with Crippen LogP contribution in [0, 0.1) is 41.4 Å². The number of aromatic nitrogens is 6. The van der Waals surface area contributed by atoms with Crippen molar-refractivity contribution in [1.82, 2.24) is 50.2 Å². The fourth-order valence-corrected chi connectivity index (χ4v) is 21.4. The zero-order valence-corrected chi connectivity index (χ0v) is 88.6. The largest absolute Gasteiger partial charge is 1.00 e. The third-order valence-corrected chi connectivity index (χ3v) is 29.4. The van der Waals surface area contributed by atoms with Crippen molar-refractivity contribution >= 4 is 137 Å². The summed E-state index contributed by atoms with van der Waals surface area (Å²) in [7, 11) is -8.37. The highest BCUT2D eigenvalue weighted by Crippen LogP contribution is 2.44. The molecule has 2 unspecified atom stereocenters. The molecule has 8 aromatic rings. The summed E-state index contributed by atoms with van der Waals surface area (Å²) in [5.41, 5.74) is 21.3. The van der Waals surface area contributed by atoms with Gasteiger partial charge in [-0.3, -0.25) is 75.2 Å². The van der Waals surface area contributed by atoms with E-state index in [-0.39, 0.29) is 208 Å². The van der Waals surface area contributed by atoms with Gasteiger partial charge in [0.2, 0.25) is 71.0 Å². The van der Waals surface area contributed by atoms with E-state index in [2.05, 4.69) is 75.9 Å². The van der Waals surface area contributed by atoms with E-state index >= 15 is 0 Å². The first-order valence-electron chi connectivity index (χ1n) is 49.9. The van der Waals surface area contributed by atoms with Crippen LogP contribution in [0.1, 0.15) is 233 Å². The number of primary amides is 2. The van der Waals surface area contributed by atoms with E-state index in [1.165, 1.54) is 32.1 Å². The first-order chi connectivity index (χ1) is 68.8. The number of likely N-dealkylation sites (tertiary alicyclic amines) is 2. The SMILES string of the molecule is CC(C)[C@@H](NC(=O)CCCCCN1C(=O)C2=C(C2)C1=O)C(=O)C[C@H](CCCNC(N)=O)C(=O)Nc1ccc(C[n+]2cnc(N[C@H]3CCc4ccccc43)c3ccn([C@@H]4C[C@@H](COS(N)(=O)=O)[C@@H](O)C4)c32)cc1.CC1CC(=O)N(CCCCCC(=O)N[C@@H](C(=O)C[C@H](CCCNC(N)=O)C(=O)Nc2ccc(C[n+]3cnc(N[C@H]4CCc5ccccc54)c4ccn(C5C[C@@H](COS(N)(=O)=O)[C@@H](O)C5)c43)cc2)C(C)C)C1=O.[I-].[I-]. The van der Waals surface area contributed by atoms with Gasteiger partial charge < -0.3 is 112 Å². The number of fused-ring (bicyclic) bond motifs is 4. The molecular formula is C102H134I2N20O20S2. The Balaban J connectivity index is 0.000000256. The molecule has 1 saturated heterocycles. The van der Waals surface area contributed by atoms with Crippen LogP contribution in [0.3, 0.4) is 0 Å². The van der Waals surface area contributed by atoms with Crippen molar-refractivity contribution in [3.63, 3.8) is 0 Å². The summed E-state index contributed by atoms with van der Waals surface area (Å²) in [5, 5.41) is 58.1. The lowest BCUT2D eigenvalue weighted by molar-refractivity contribution is -0.668. The summed E-state index contributed by atoms with van der Waals surface area (Å²) in [6, 6.07) is 32.0. The van der Waals surface area contributed by atoms with Crippen molar-refractivity contribution in [2.24, 2.45) is 63.2 Å². The summed E-state index contributed by atoms with van der Waals surface area (Å²) in [6.07, 6.45) is 16.6. The second kappa shape index (κ2) is 51.5. The number of urea groups is 2. The average molecular weight is 2280 g/mol. The lowest BCUT2D eigenvalue weighted by atomic mass is 9.89. The van der Waals surface area contributed by atoms with E-state index in [1.807, 2.05) is 110 Å². The molecule has 0 spiro atoms. The number of piperidine rings is 1. The number of nitrogens with zero attached hydrogens (tertiary/aromatic N) is 8. The number of hydrogen-bond acceptors (Lipinski definition) is 24. The van der Waals surface area contributed by atoms with E-state index in [0.717, 1.165) is 58.9 Å². The van der Waals surface area contributed by atoms with Gasteiger partial charge in [-0.15, -0.1) is 0 Å². The second-order valence-corrected chi connectivity index (χ2v) is 42.2. The molecule has 4 aromatic heterocycles. The molecule has 44 heteroatoms. The fraction of sp³-hybridized carbons (Fsp3) is 0.510. The van der Waals surface area contributed by atoms with Gasteiger partial charge in [-0.25, -0.2) is 29.0 Å². The third kappa shape index (κ3) is 30.0. The standard InChI is InChI=1S/C51H64N10O10S.C51H68N10O10S.2HI/c1-30(2)45(58-44(64)12-4-3-7-21-61-49(66)39-26-40(39)50(61)67)43(63)24-33(10-8-20-54-51(52)68)47(65)56-35-16-13-31(14-17-35)27-59-29-55-46(57-41-18-15-32-9-5-6-11-37(32)41)38-19-22-60(48(38)59)36-23-34(42(62)25-36)28-71-72(53,69)70;1-31(2)46(58-44(64)13-5-4-8-22-61-45(65)24-32(3)50(61)67)43(63)26-35(11-9-21-54-51(52)68)48(66)56-37-17-14-33(15-18-37)28-59-30-55-47(57-41-19-16-34-10-6-7-12-39(34)41)40-20-23-60(49(40)59)38-25-36(42(62)27-38)29-71-72(53,69)70;;/h5-6,9,11,13-14,16-17,19,22,29-30,33-34,36,41-42,45,62H,3-4,7-8,10,12,15,18,20-21,23-28H2,1-2H3,(H7,52,53,54,56,58,64,65,68,69,70);6-7,10,12,14-15,17-18,20,23,30-32,35-36,38,41-42,46,62H,4-5,8-9,11,13,16,19,21-22,24-29H2,1-3H3,(H7,52,53,54,56,58,64,66,68,69,70);2*1H/t33-,34-,36+,41-,42-,45+;32?,35-,36-,38?,41-,42-,46+;;/m00../s1. The maximum Gasteiger partial charge on any atom is 0.333 e. The highest BCUT2D eigenvalue weighted by molar-refractivity contribution is 7.84. The Hall–Kier alpha value is -11.4. The number of amides is 12. The second-order valence-electron chi connectivity index (χ2n) is 39.7. The Morgan fingerprint density at radius 2 is 0.925 bits per heavy atom. The minimum Gasteiger partial charge on any atom is -1.00 e. The van der Waals surface area contributed by atoms with Crippen molar-refractivity contribution in [3.05, 3.63) is 179 Å². The van der Waals surface area contributed by atoms with Crippen molar-refractivity contribution in [1.29, 1.82) is 0 Å². The van der Waals surface area contributed by atoms with E-state index < -0.39 is 92.4 Å². The molecule has 3 fully saturated rings. The van der Waals surface area contributed by atoms with Crippen molar-refractivity contribution in [2.75, 3.05) is 60.7 Å². The van der Waals surface area contributed by atoms with Gasteiger partial charge in [0.05, 0.1) is 87.2 Å². The molecule has 788 valence electrons. The average Bonchev–Trinajstić information content (AvgIpc) is 1.59. The van der Waals surface area contributed by atoms with E-state index in [4.69, 9.17) is 40.1 Å². The predicted octanol–water partition coefficient (Wildman–Crippen LogP) is 1.81. The molecule has 12 amide bonds. The maximum atomic E-state index is 14.0. The number of aryl methyl sites for hydroxylation is 2. The first-order valence-corrected chi connectivity index (χ1v) is 52.8. The van der Waals surface area contributed by atoms with Gasteiger partial charge in [0.15, 0.2) is 11.6 Å². The molecule has 5 aliphatic carbocycles. The van der Waals surface area contributed by atoms with Crippen LogP contribution in [0.4, 0.5) is 32.6 Å². The topological polar surface area (TPSA) is 582 Å². The van der Waals surface area contributed by atoms with Crippen LogP contribution >= 0.6 is 0 Å². The van der Waals surface area contributed by atoms with Gasteiger partial charge in [-0.05, 0) is 172 Å². The van der Waals surface area contributed by atoms with Gasteiger partial charge in [-0.2, -0.15) is 16.8 Å². The lowest BCUT2D eigenvalue weighted by Gasteiger charge is -2.24. The van der Waals surface area contributed by atoms with Crippen molar-refractivity contribution < 1.29 is 150 Å². The summed E-state index contributed by atoms with van der Waals surface area (Å²) in [6.45, 7) is 10.4. The molecule has 146 heavy (non-hydrogen) atoms. The molecule has 0 radical (unpaired) electrons. The minimum absolute atomic E-state index is 0. The van der Waals surface area contributed by atoms with Gasteiger partial charge in [0.1, 0.15) is 10.8 Å². The van der Waals surface area contributed by atoms with Crippen LogP contribution in [0.15, 0.2) is 145 Å². The van der Waals surface area contributed by atoms with Crippen molar-refractivity contribution in [2.45, 2.75) is 250 Å². The molecule has 2 aliphatic heterocycles. The van der Waals surface area contributed by atoms with Gasteiger partial charge in [-0.1, -0.05) is 130 Å². The van der Waals surface area contributed by atoms with E-state index in [9.17, 15) is 84.6 Å². The van der Waals surface area contributed by atoms with Crippen molar-refractivity contribution in [3.8, 4) is 0 Å². The van der Waals surface area contributed by atoms with Crippen LogP contribution in [0.25, 0.3) is 22.1 Å².